The lowest BCUT2D eigenvalue weighted by Crippen LogP contribution is -2.57. The number of fused-ring (bicyclic) bond motifs is 1. The Morgan fingerprint density at radius 3 is 2.69 bits per heavy atom. The van der Waals surface area contributed by atoms with Gasteiger partial charge in [0.05, 0.1) is 0 Å². The molecule has 0 aromatic heterocycles. The van der Waals surface area contributed by atoms with Crippen molar-refractivity contribution in [1.29, 1.82) is 0 Å². The van der Waals surface area contributed by atoms with Crippen LogP contribution in [-0.2, 0) is 9.53 Å². The molecule has 0 N–H and O–H groups in total. The molecule has 0 spiro atoms. The molecular formula is C26H31FN2O3. The standard InChI is InChI=1S/C26H31FN2O3/c1-2-32-15-5-13-29-24-12-14-28(18-22(24)10-11-25(29)30)26(31)21-8-3-6-19(16-21)20-7-4-9-23(27)17-20/h3-4,6-9,16-17,22,24H,2,5,10-15,18H2,1H3/t22-,24+/m1/s1. The molecule has 2 aliphatic heterocycles. The van der Waals surface area contributed by atoms with Crippen LogP contribution in [0.25, 0.3) is 11.1 Å². The van der Waals surface area contributed by atoms with E-state index in [2.05, 4.69) is 0 Å². The second kappa shape index (κ2) is 10.3. The first-order valence-corrected chi connectivity index (χ1v) is 11.6. The van der Waals surface area contributed by atoms with Gasteiger partial charge < -0.3 is 14.5 Å². The van der Waals surface area contributed by atoms with E-state index in [0.29, 0.717) is 44.2 Å². The summed E-state index contributed by atoms with van der Waals surface area (Å²) >= 11 is 0. The fourth-order valence-electron chi connectivity index (χ4n) is 4.99. The van der Waals surface area contributed by atoms with Gasteiger partial charge >= 0.3 is 0 Å². The molecule has 0 radical (unpaired) electrons. The first kappa shape index (κ1) is 22.5. The number of hydrogen-bond donors (Lipinski definition) is 0. The minimum absolute atomic E-state index is 0.00139. The summed E-state index contributed by atoms with van der Waals surface area (Å²) in [6.07, 6.45) is 3.03. The Labute approximate surface area is 189 Å². The minimum Gasteiger partial charge on any atom is -0.382 e. The molecule has 170 valence electrons. The van der Waals surface area contributed by atoms with Gasteiger partial charge in [0.15, 0.2) is 0 Å². The molecule has 0 saturated carbocycles. The monoisotopic (exact) mass is 438 g/mol. The lowest BCUT2D eigenvalue weighted by atomic mass is 9.83. The van der Waals surface area contributed by atoms with E-state index in [1.165, 1.54) is 12.1 Å². The molecule has 5 nitrogen and oxygen atoms in total. The molecular weight excluding hydrogens is 407 g/mol. The second-order valence-corrected chi connectivity index (χ2v) is 8.63. The molecule has 6 heteroatoms. The third-order valence-corrected chi connectivity index (χ3v) is 6.59. The van der Waals surface area contributed by atoms with Crippen LogP contribution in [0.2, 0.25) is 0 Å². The predicted octanol–water partition coefficient (Wildman–Crippen LogP) is 4.37. The molecule has 0 unspecified atom stereocenters. The summed E-state index contributed by atoms with van der Waals surface area (Å²) in [7, 11) is 0. The molecule has 2 aromatic carbocycles. The molecule has 4 rings (SSSR count). The Bertz CT molecular complexity index is 964. The van der Waals surface area contributed by atoms with Gasteiger partial charge in [0.1, 0.15) is 5.82 Å². The maximum atomic E-state index is 13.6. The highest BCUT2D eigenvalue weighted by molar-refractivity contribution is 5.95. The van der Waals surface area contributed by atoms with Crippen LogP contribution in [0.4, 0.5) is 4.39 Å². The molecule has 2 saturated heterocycles. The Morgan fingerprint density at radius 1 is 1.12 bits per heavy atom. The number of carbonyl (C=O) groups excluding carboxylic acids is 2. The van der Waals surface area contributed by atoms with Crippen LogP contribution in [-0.4, -0.2) is 60.5 Å². The summed E-state index contributed by atoms with van der Waals surface area (Å²) in [4.78, 5) is 29.7. The summed E-state index contributed by atoms with van der Waals surface area (Å²) in [6, 6.07) is 14.0. The van der Waals surface area contributed by atoms with E-state index in [0.717, 1.165) is 36.9 Å². The molecule has 0 bridgehead atoms. The summed E-state index contributed by atoms with van der Waals surface area (Å²) < 4.78 is 19.1. The predicted molar refractivity (Wildman–Crippen MR) is 122 cm³/mol. The molecule has 2 amide bonds. The average Bonchev–Trinajstić information content (AvgIpc) is 2.82. The third-order valence-electron chi connectivity index (χ3n) is 6.59. The maximum absolute atomic E-state index is 13.6. The SMILES string of the molecule is CCOCCCN1C(=O)CC[C@@H]2CN(C(=O)c3cccc(-c4cccc(F)c4)c3)CC[C@@H]21. The van der Waals surface area contributed by atoms with Gasteiger partial charge in [-0.15, -0.1) is 0 Å². The fourth-order valence-corrected chi connectivity index (χ4v) is 4.99. The van der Waals surface area contributed by atoms with E-state index >= 15 is 0 Å². The number of likely N-dealkylation sites (tertiary alicyclic amines) is 2. The van der Waals surface area contributed by atoms with Crippen LogP contribution >= 0.6 is 0 Å². The number of carbonyl (C=O) groups is 2. The van der Waals surface area contributed by atoms with Gasteiger partial charge in [-0.25, -0.2) is 4.39 Å². The maximum Gasteiger partial charge on any atom is 0.253 e. The van der Waals surface area contributed by atoms with Gasteiger partial charge in [-0.2, -0.15) is 0 Å². The lowest BCUT2D eigenvalue weighted by molar-refractivity contribution is -0.140. The number of hydrogen-bond acceptors (Lipinski definition) is 3. The van der Waals surface area contributed by atoms with E-state index in [1.54, 1.807) is 6.07 Å². The van der Waals surface area contributed by atoms with Crippen LogP contribution in [0.1, 0.15) is 43.0 Å². The number of piperidine rings is 2. The van der Waals surface area contributed by atoms with Crippen molar-refractivity contribution in [3.05, 3.63) is 59.9 Å². The second-order valence-electron chi connectivity index (χ2n) is 8.63. The lowest BCUT2D eigenvalue weighted by Gasteiger charge is -2.47. The molecule has 2 aliphatic rings. The van der Waals surface area contributed by atoms with Crippen LogP contribution in [0.15, 0.2) is 48.5 Å². The van der Waals surface area contributed by atoms with Crippen LogP contribution < -0.4 is 0 Å². The van der Waals surface area contributed by atoms with Crippen molar-refractivity contribution >= 4 is 11.8 Å². The van der Waals surface area contributed by atoms with E-state index < -0.39 is 0 Å². The fraction of sp³-hybridized carbons (Fsp3) is 0.462. The molecule has 2 aromatic rings. The van der Waals surface area contributed by atoms with Crippen molar-refractivity contribution in [3.8, 4) is 11.1 Å². The zero-order valence-corrected chi connectivity index (χ0v) is 18.6. The highest BCUT2D eigenvalue weighted by atomic mass is 19.1. The Balaban J connectivity index is 1.43. The summed E-state index contributed by atoms with van der Waals surface area (Å²) in [6.45, 7) is 5.37. The van der Waals surface area contributed by atoms with Crippen molar-refractivity contribution in [3.63, 3.8) is 0 Å². The Morgan fingerprint density at radius 2 is 1.91 bits per heavy atom. The number of ether oxygens (including phenoxy) is 1. The van der Waals surface area contributed by atoms with E-state index in [4.69, 9.17) is 4.74 Å². The highest BCUT2D eigenvalue weighted by Crippen LogP contribution is 2.32. The van der Waals surface area contributed by atoms with Gasteiger partial charge in [-0.3, -0.25) is 9.59 Å². The van der Waals surface area contributed by atoms with Crippen molar-refractivity contribution in [2.24, 2.45) is 5.92 Å². The van der Waals surface area contributed by atoms with Gasteiger partial charge in [0, 0.05) is 50.9 Å². The quantitative estimate of drug-likeness (QED) is 0.603. The van der Waals surface area contributed by atoms with E-state index in [9.17, 15) is 14.0 Å². The third kappa shape index (κ3) is 5.01. The normalized spacial score (nSPS) is 20.9. The number of rotatable bonds is 7. The van der Waals surface area contributed by atoms with Gasteiger partial charge in [0.2, 0.25) is 5.91 Å². The van der Waals surface area contributed by atoms with Crippen LogP contribution in [0.5, 0.6) is 0 Å². The van der Waals surface area contributed by atoms with Crippen molar-refractivity contribution in [1.82, 2.24) is 9.80 Å². The van der Waals surface area contributed by atoms with Crippen molar-refractivity contribution in [2.75, 3.05) is 32.8 Å². The summed E-state index contributed by atoms with van der Waals surface area (Å²) in [5, 5.41) is 0. The first-order chi connectivity index (χ1) is 15.6. The van der Waals surface area contributed by atoms with Crippen molar-refractivity contribution in [2.45, 2.75) is 38.6 Å². The molecule has 32 heavy (non-hydrogen) atoms. The summed E-state index contributed by atoms with van der Waals surface area (Å²) in [5.41, 5.74) is 2.20. The molecule has 2 atom stereocenters. The minimum atomic E-state index is -0.293. The first-order valence-electron chi connectivity index (χ1n) is 11.6. The van der Waals surface area contributed by atoms with Gasteiger partial charge in [-0.1, -0.05) is 24.3 Å². The molecule has 2 heterocycles. The Hall–Kier alpha value is -2.73. The number of nitrogens with zero attached hydrogens (tertiary/aromatic N) is 2. The van der Waals surface area contributed by atoms with Crippen LogP contribution in [0, 0.1) is 11.7 Å². The number of benzene rings is 2. The zero-order valence-electron chi connectivity index (χ0n) is 18.6. The summed E-state index contributed by atoms with van der Waals surface area (Å²) in [5.74, 6) is 0.245. The number of halogens is 1. The Kier molecular flexibility index (Phi) is 7.20. The topological polar surface area (TPSA) is 49.9 Å². The van der Waals surface area contributed by atoms with E-state index in [1.807, 2.05) is 47.1 Å². The zero-order chi connectivity index (χ0) is 22.5. The smallest absolute Gasteiger partial charge is 0.253 e. The largest absolute Gasteiger partial charge is 0.382 e. The van der Waals surface area contributed by atoms with Gasteiger partial charge in [0.25, 0.3) is 5.91 Å². The van der Waals surface area contributed by atoms with Gasteiger partial charge in [-0.05, 0) is 67.5 Å². The average molecular weight is 439 g/mol. The molecule has 0 aliphatic carbocycles. The van der Waals surface area contributed by atoms with Crippen LogP contribution in [0.3, 0.4) is 0 Å². The van der Waals surface area contributed by atoms with E-state index in [-0.39, 0.29) is 23.7 Å². The van der Waals surface area contributed by atoms with Crippen molar-refractivity contribution < 1.29 is 18.7 Å². The highest BCUT2D eigenvalue weighted by Gasteiger charge is 2.40. The number of amides is 2. The molecule has 2 fully saturated rings.